The van der Waals surface area contributed by atoms with Crippen molar-refractivity contribution < 1.29 is 4.92 Å². The summed E-state index contributed by atoms with van der Waals surface area (Å²) in [5, 5.41) is 19.6. The van der Waals surface area contributed by atoms with Crippen molar-refractivity contribution in [2.45, 2.75) is 6.92 Å². The number of azo groups is 1. The number of aromatic nitrogens is 2. The summed E-state index contributed by atoms with van der Waals surface area (Å²) in [6.45, 7) is 1.99. The predicted molar refractivity (Wildman–Crippen MR) is 103 cm³/mol. The first kappa shape index (κ1) is 16.6. The van der Waals surface area contributed by atoms with Crippen LogP contribution in [0.25, 0.3) is 16.9 Å². The van der Waals surface area contributed by atoms with Crippen LogP contribution in [0.3, 0.4) is 0 Å². The van der Waals surface area contributed by atoms with Crippen LogP contribution in [0, 0.1) is 17.0 Å². The molecule has 4 rings (SSSR count). The zero-order valence-electron chi connectivity index (χ0n) is 14.5. The Morgan fingerprint density at radius 1 is 1.00 bits per heavy atom. The normalized spacial score (nSPS) is 11.3. The number of hydrogen-bond donors (Lipinski definition) is 0. The van der Waals surface area contributed by atoms with Crippen LogP contribution in [0.5, 0.6) is 0 Å². The molecule has 0 fully saturated rings. The average molecular weight is 357 g/mol. The predicted octanol–water partition coefficient (Wildman–Crippen LogP) is 5.63. The van der Waals surface area contributed by atoms with Gasteiger partial charge in [0.2, 0.25) is 0 Å². The van der Waals surface area contributed by atoms with Gasteiger partial charge in [-0.05, 0) is 24.6 Å². The molecule has 0 aliphatic heterocycles. The van der Waals surface area contributed by atoms with Crippen LogP contribution in [0.2, 0.25) is 0 Å². The van der Waals surface area contributed by atoms with Crippen LogP contribution in [-0.2, 0) is 0 Å². The molecule has 0 amide bonds. The standard InChI is InChI=1S/C20H15N5O2/c1-14-10-11-18-21-19(15-6-3-2-4-7-15)20(24(18)13-14)23-22-16-8-5-9-17(12-16)25(26)27/h2-13H,1H3. The smallest absolute Gasteiger partial charge is 0.271 e. The van der Waals surface area contributed by atoms with E-state index in [0.29, 0.717) is 17.2 Å². The Labute approximate surface area is 154 Å². The number of nitro groups is 1. The molecule has 0 radical (unpaired) electrons. The molecule has 2 aromatic carbocycles. The maximum absolute atomic E-state index is 11.0. The highest BCUT2D eigenvalue weighted by molar-refractivity contribution is 5.74. The van der Waals surface area contributed by atoms with Gasteiger partial charge in [0, 0.05) is 23.9 Å². The molecule has 0 saturated carbocycles. The van der Waals surface area contributed by atoms with Crippen molar-refractivity contribution in [1.82, 2.24) is 9.38 Å². The lowest BCUT2D eigenvalue weighted by Crippen LogP contribution is -1.86. The molecule has 2 heterocycles. The summed E-state index contributed by atoms with van der Waals surface area (Å²) >= 11 is 0. The summed E-state index contributed by atoms with van der Waals surface area (Å²) in [5.41, 5.74) is 3.83. The van der Waals surface area contributed by atoms with Crippen molar-refractivity contribution in [3.63, 3.8) is 0 Å². The molecule has 7 heteroatoms. The van der Waals surface area contributed by atoms with E-state index in [9.17, 15) is 10.1 Å². The first-order valence-corrected chi connectivity index (χ1v) is 8.32. The van der Waals surface area contributed by atoms with Crippen molar-refractivity contribution in [3.8, 4) is 11.3 Å². The fourth-order valence-corrected chi connectivity index (χ4v) is 2.80. The number of hydrogen-bond acceptors (Lipinski definition) is 5. The number of nitrogens with zero attached hydrogens (tertiary/aromatic N) is 5. The molecule has 0 aliphatic carbocycles. The minimum absolute atomic E-state index is 0.0243. The highest BCUT2D eigenvalue weighted by atomic mass is 16.6. The molecule has 0 aliphatic rings. The molecule has 0 atom stereocenters. The quantitative estimate of drug-likeness (QED) is 0.269. The van der Waals surface area contributed by atoms with E-state index in [1.165, 1.54) is 12.1 Å². The lowest BCUT2D eigenvalue weighted by Gasteiger charge is -2.00. The van der Waals surface area contributed by atoms with E-state index in [4.69, 9.17) is 0 Å². The minimum atomic E-state index is -0.452. The molecule has 2 aromatic heterocycles. The highest BCUT2D eigenvalue weighted by Gasteiger charge is 2.14. The fraction of sp³-hybridized carbons (Fsp3) is 0.0500. The second-order valence-electron chi connectivity index (χ2n) is 6.06. The van der Waals surface area contributed by atoms with Crippen molar-refractivity contribution in [3.05, 3.63) is 88.6 Å². The van der Waals surface area contributed by atoms with Crippen LogP contribution >= 0.6 is 0 Å². The number of non-ortho nitro benzene ring substituents is 1. The number of imidazole rings is 1. The van der Waals surface area contributed by atoms with Crippen LogP contribution in [0.4, 0.5) is 17.2 Å². The zero-order valence-corrected chi connectivity index (χ0v) is 14.5. The Bertz CT molecular complexity index is 1170. The van der Waals surface area contributed by atoms with E-state index in [1.807, 2.05) is 60.0 Å². The molecule has 132 valence electrons. The molecular weight excluding hydrogens is 342 g/mol. The Kier molecular flexibility index (Phi) is 4.18. The van der Waals surface area contributed by atoms with Gasteiger partial charge in [0.15, 0.2) is 5.82 Å². The van der Waals surface area contributed by atoms with Crippen molar-refractivity contribution in [2.24, 2.45) is 10.2 Å². The molecule has 0 N–H and O–H groups in total. The van der Waals surface area contributed by atoms with Gasteiger partial charge in [-0.15, -0.1) is 10.2 Å². The summed E-state index contributed by atoms with van der Waals surface area (Å²) in [7, 11) is 0. The second-order valence-corrected chi connectivity index (χ2v) is 6.06. The molecule has 27 heavy (non-hydrogen) atoms. The van der Waals surface area contributed by atoms with E-state index >= 15 is 0 Å². The molecule has 4 aromatic rings. The van der Waals surface area contributed by atoms with Crippen molar-refractivity contribution in [2.75, 3.05) is 0 Å². The van der Waals surface area contributed by atoms with Crippen LogP contribution in [0.15, 0.2) is 83.2 Å². The van der Waals surface area contributed by atoms with E-state index in [2.05, 4.69) is 15.2 Å². The molecule has 7 nitrogen and oxygen atoms in total. The topological polar surface area (TPSA) is 85.2 Å². The molecule has 0 unspecified atom stereocenters. The van der Waals surface area contributed by atoms with Gasteiger partial charge >= 0.3 is 0 Å². The lowest BCUT2D eigenvalue weighted by atomic mass is 10.1. The molecule has 0 saturated heterocycles. The number of fused-ring (bicyclic) bond motifs is 1. The minimum Gasteiger partial charge on any atom is -0.282 e. The van der Waals surface area contributed by atoms with Gasteiger partial charge in [-0.2, -0.15) is 0 Å². The molecule has 0 spiro atoms. The maximum Gasteiger partial charge on any atom is 0.271 e. The average Bonchev–Trinajstić information content (AvgIpc) is 3.05. The lowest BCUT2D eigenvalue weighted by molar-refractivity contribution is -0.384. The Morgan fingerprint density at radius 3 is 2.59 bits per heavy atom. The van der Waals surface area contributed by atoms with Gasteiger partial charge in [0.05, 0.1) is 10.6 Å². The Balaban J connectivity index is 1.86. The summed E-state index contributed by atoms with van der Waals surface area (Å²) in [4.78, 5) is 15.2. The van der Waals surface area contributed by atoms with Crippen molar-refractivity contribution in [1.29, 1.82) is 0 Å². The van der Waals surface area contributed by atoms with Gasteiger partial charge in [0.1, 0.15) is 11.3 Å². The number of benzene rings is 2. The van der Waals surface area contributed by atoms with Gasteiger partial charge in [0.25, 0.3) is 5.69 Å². The number of nitro benzene ring substituents is 1. The molecular formula is C20H15N5O2. The van der Waals surface area contributed by atoms with E-state index in [-0.39, 0.29) is 5.69 Å². The molecule has 0 bridgehead atoms. The van der Waals surface area contributed by atoms with Gasteiger partial charge in [-0.1, -0.05) is 42.5 Å². The Morgan fingerprint density at radius 2 is 1.81 bits per heavy atom. The van der Waals surface area contributed by atoms with Crippen LogP contribution < -0.4 is 0 Å². The van der Waals surface area contributed by atoms with Gasteiger partial charge < -0.3 is 0 Å². The third-order valence-corrected chi connectivity index (χ3v) is 4.09. The van der Waals surface area contributed by atoms with Gasteiger partial charge in [-0.3, -0.25) is 14.5 Å². The third kappa shape index (κ3) is 3.30. The SMILES string of the molecule is Cc1ccc2nc(-c3ccccc3)c(N=Nc3cccc([N+](=O)[O-])c3)n2c1. The number of pyridine rings is 1. The number of rotatable bonds is 4. The zero-order chi connectivity index (χ0) is 18.8. The third-order valence-electron chi connectivity index (χ3n) is 4.09. The Hall–Kier alpha value is -3.87. The van der Waals surface area contributed by atoms with E-state index in [1.54, 1.807) is 12.1 Å². The van der Waals surface area contributed by atoms with E-state index < -0.39 is 4.92 Å². The largest absolute Gasteiger partial charge is 0.282 e. The summed E-state index contributed by atoms with van der Waals surface area (Å²) in [6.07, 6.45) is 1.94. The highest BCUT2D eigenvalue weighted by Crippen LogP contribution is 2.32. The van der Waals surface area contributed by atoms with Crippen molar-refractivity contribution >= 4 is 22.8 Å². The van der Waals surface area contributed by atoms with Gasteiger partial charge in [-0.25, -0.2) is 4.98 Å². The monoisotopic (exact) mass is 357 g/mol. The van der Waals surface area contributed by atoms with Crippen LogP contribution in [0.1, 0.15) is 5.56 Å². The fourth-order valence-electron chi connectivity index (χ4n) is 2.80. The van der Waals surface area contributed by atoms with Crippen LogP contribution in [-0.4, -0.2) is 14.3 Å². The number of aryl methyl sites for hydroxylation is 1. The first-order chi connectivity index (χ1) is 13.1. The second kappa shape index (κ2) is 6.80. The first-order valence-electron chi connectivity index (χ1n) is 8.32. The maximum atomic E-state index is 11.0. The summed E-state index contributed by atoms with van der Waals surface area (Å²) in [5.74, 6) is 0.575. The summed E-state index contributed by atoms with van der Waals surface area (Å²) < 4.78 is 1.87. The summed E-state index contributed by atoms with van der Waals surface area (Å²) in [6, 6.07) is 19.7. The van der Waals surface area contributed by atoms with E-state index in [0.717, 1.165) is 16.8 Å².